The van der Waals surface area contributed by atoms with Crippen LogP contribution in [0.3, 0.4) is 0 Å². The van der Waals surface area contributed by atoms with Gasteiger partial charge in [-0.1, -0.05) is 26.0 Å². The Kier molecular flexibility index (Phi) is 9.84. The highest BCUT2D eigenvalue weighted by Crippen LogP contribution is 2.36. The minimum absolute atomic E-state index is 0.0640. The number of anilines is 1. The molecule has 208 valence electrons. The fourth-order valence-corrected chi connectivity index (χ4v) is 4.96. The van der Waals surface area contributed by atoms with E-state index in [1.54, 1.807) is 44.4 Å². The Balaban J connectivity index is 1.72. The molecule has 0 fully saturated rings. The number of methoxy groups -OCH3 is 1. The van der Waals surface area contributed by atoms with E-state index in [0.29, 0.717) is 29.5 Å². The second-order valence-corrected chi connectivity index (χ2v) is 11.6. The third-order valence-corrected chi connectivity index (χ3v) is 7.35. The summed E-state index contributed by atoms with van der Waals surface area (Å²) in [4.78, 5) is 27.8. The minimum Gasteiger partial charge on any atom is -0.497 e. The second-order valence-electron chi connectivity index (χ2n) is 9.66. The van der Waals surface area contributed by atoms with Crippen molar-refractivity contribution in [2.45, 2.75) is 46.2 Å². The summed E-state index contributed by atoms with van der Waals surface area (Å²) >= 11 is 0. The molecule has 11 heteroatoms. The van der Waals surface area contributed by atoms with E-state index in [2.05, 4.69) is 5.32 Å². The number of benzene rings is 2. The first-order valence-corrected chi connectivity index (χ1v) is 14.4. The Hall–Kier alpha value is -3.47. The molecule has 0 saturated carbocycles. The van der Waals surface area contributed by atoms with Gasteiger partial charge in [0, 0.05) is 32.1 Å². The summed E-state index contributed by atoms with van der Waals surface area (Å²) in [5.41, 5.74) is 1.28. The van der Waals surface area contributed by atoms with Gasteiger partial charge in [-0.15, -0.1) is 0 Å². The fourth-order valence-electron chi connectivity index (χ4n) is 4.01. The molecule has 0 aliphatic carbocycles. The van der Waals surface area contributed by atoms with Gasteiger partial charge in [0.15, 0.2) is 11.5 Å². The van der Waals surface area contributed by atoms with Crippen molar-refractivity contribution in [1.82, 2.24) is 10.2 Å². The number of rotatable bonds is 13. The third kappa shape index (κ3) is 7.77. The van der Waals surface area contributed by atoms with E-state index in [4.69, 9.17) is 14.2 Å². The SMILES string of the molecule is COc1ccc(CN(C(=O)CCCN(c2ccc3c(c2)OCO3)S(C)(=O)=O)[C@H](C)C(=O)NCC(C)C)cc1. The van der Waals surface area contributed by atoms with E-state index in [9.17, 15) is 18.0 Å². The molecule has 3 rings (SSSR count). The van der Waals surface area contributed by atoms with Crippen LogP contribution in [0.2, 0.25) is 0 Å². The van der Waals surface area contributed by atoms with Crippen LogP contribution in [0, 0.1) is 5.92 Å². The van der Waals surface area contributed by atoms with E-state index < -0.39 is 16.1 Å². The number of nitrogens with zero attached hydrogens (tertiary/aromatic N) is 2. The maximum Gasteiger partial charge on any atom is 0.242 e. The molecule has 0 bridgehead atoms. The van der Waals surface area contributed by atoms with Gasteiger partial charge in [0.2, 0.25) is 28.6 Å². The lowest BCUT2D eigenvalue weighted by atomic mass is 10.1. The molecular weight excluding hydrogens is 510 g/mol. The molecule has 2 aromatic rings. The summed E-state index contributed by atoms with van der Waals surface area (Å²) in [7, 11) is -2.04. The molecule has 2 amide bonds. The molecule has 1 aliphatic heterocycles. The van der Waals surface area contributed by atoms with Gasteiger partial charge >= 0.3 is 0 Å². The van der Waals surface area contributed by atoms with Crippen molar-refractivity contribution < 1.29 is 32.2 Å². The number of nitrogens with one attached hydrogen (secondary N) is 1. The largest absolute Gasteiger partial charge is 0.497 e. The van der Waals surface area contributed by atoms with Crippen LogP contribution in [0.4, 0.5) is 5.69 Å². The second kappa shape index (κ2) is 12.9. The first-order valence-electron chi connectivity index (χ1n) is 12.6. The Morgan fingerprint density at radius 2 is 1.74 bits per heavy atom. The van der Waals surface area contributed by atoms with Gasteiger partial charge in [0.25, 0.3) is 0 Å². The number of hydrogen-bond donors (Lipinski definition) is 1. The molecule has 1 heterocycles. The monoisotopic (exact) mass is 547 g/mol. The predicted molar refractivity (Wildman–Crippen MR) is 145 cm³/mol. The fraction of sp³-hybridized carbons (Fsp3) is 0.481. The molecule has 0 unspecified atom stereocenters. The Bertz CT molecular complexity index is 1220. The van der Waals surface area contributed by atoms with Gasteiger partial charge in [-0.3, -0.25) is 13.9 Å². The summed E-state index contributed by atoms with van der Waals surface area (Å²) < 4.78 is 42.3. The van der Waals surface area contributed by atoms with Crippen molar-refractivity contribution >= 4 is 27.5 Å². The van der Waals surface area contributed by atoms with Crippen molar-refractivity contribution in [3.8, 4) is 17.2 Å². The molecule has 1 aliphatic rings. The predicted octanol–water partition coefficient (Wildman–Crippen LogP) is 3.16. The normalized spacial score (nSPS) is 13.2. The van der Waals surface area contributed by atoms with E-state index in [1.165, 1.54) is 9.21 Å². The van der Waals surface area contributed by atoms with Crippen LogP contribution in [0.15, 0.2) is 42.5 Å². The summed E-state index contributed by atoms with van der Waals surface area (Å²) in [5.74, 6) is 1.51. The average molecular weight is 548 g/mol. The zero-order chi connectivity index (χ0) is 27.9. The first-order chi connectivity index (χ1) is 18.0. The molecular formula is C27H37N3O7S. The van der Waals surface area contributed by atoms with Gasteiger partial charge in [0.1, 0.15) is 11.8 Å². The number of amides is 2. The maximum atomic E-state index is 13.4. The van der Waals surface area contributed by atoms with Gasteiger partial charge in [-0.25, -0.2) is 8.42 Å². The van der Waals surface area contributed by atoms with Crippen molar-refractivity contribution in [1.29, 1.82) is 0 Å². The van der Waals surface area contributed by atoms with Crippen LogP contribution in [0.5, 0.6) is 17.2 Å². The summed E-state index contributed by atoms with van der Waals surface area (Å²) in [6.45, 7) is 6.61. The van der Waals surface area contributed by atoms with E-state index >= 15 is 0 Å². The van der Waals surface area contributed by atoms with Crippen LogP contribution in [-0.4, -0.2) is 64.4 Å². The number of sulfonamides is 1. The number of fused-ring (bicyclic) bond motifs is 1. The molecule has 0 spiro atoms. The van der Waals surface area contributed by atoms with Gasteiger partial charge in [-0.05, 0) is 49.1 Å². The zero-order valence-electron chi connectivity index (χ0n) is 22.6. The number of hydrogen-bond acceptors (Lipinski definition) is 7. The summed E-state index contributed by atoms with van der Waals surface area (Å²) in [6, 6.07) is 11.5. The quantitative estimate of drug-likeness (QED) is 0.410. The molecule has 0 aromatic heterocycles. The van der Waals surface area contributed by atoms with Gasteiger partial charge < -0.3 is 24.4 Å². The van der Waals surface area contributed by atoms with Crippen molar-refractivity contribution in [3.63, 3.8) is 0 Å². The molecule has 10 nitrogen and oxygen atoms in total. The zero-order valence-corrected chi connectivity index (χ0v) is 23.4. The molecule has 1 N–H and O–H groups in total. The molecule has 0 saturated heterocycles. The lowest BCUT2D eigenvalue weighted by Crippen LogP contribution is -2.48. The van der Waals surface area contributed by atoms with Crippen molar-refractivity contribution in [3.05, 3.63) is 48.0 Å². The van der Waals surface area contributed by atoms with Crippen LogP contribution in [0.25, 0.3) is 0 Å². The van der Waals surface area contributed by atoms with Crippen LogP contribution >= 0.6 is 0 Å². The van der Waals surface area contributed by atoms with Gasteiger partial charge in [-0.2, -0.15) is 0 Å². The highest BCUT2D eigenvalue weighted by molar-refractivity contribution is 7.92. The van der Waals surface area contributed by atoms with Crippen LogP contribution in [0.1, 0.15) is 39.2 Å². The topological polar surface area (TPSA) is 114 Å². The average Bonchev–Trinajstić information content (AvgIpc) is 3.35. The standard InChI is InChI=1S/C27H37N3O7S/c1-19(2)16-28-27(32)20(3)29(17-21-8-11-23(35-4)12-9-21)26(31)7-6-14-30(38(5,33)34)22-10-13-24-25(15-22)37-18-36-24/h8-13,15,19-20H,6-7,14,16-18H2,1-5H3,(H,28,32)/t20-/m1/s1. The van der Waals surface area contributed by atoms with Crippen LogP contribution < -0.4 is 23.8 Å². The summed E-state index contributed by atoms with van der Waals surface area (Å²) in [6.07, 6.45) is 1.45. The van der Waals surface area contributed by atoms with Crippen molar-refractivity contribution in [2.75, 3.05) is 37.6 Å². The Morgan fingerprint density at radius 1 is 1.05 bits per heavy atom. The molecule has 38 heavy (non-hydrogen) atoms. The van der Waals surface area contributed by atoms with Crippen LogP contribution in [-0.2, 0) is 26.2 Å². The van der Waals surface area contributed by atoms with E-state index in [1.807, 2.05) is 26.0 Å². The number of carbonyl (C=O) groups excluding carboxylic acids is 2. The lowest BCUT2D eigenvalue weighted by molar-refractivity contribution is -0.140. The Labute approximate surface area is 224 Å². The number of carbonyl (C=O) groups is 2. The van der Waals surface area contributed by atoms with Crippen molar-refractivity contribution in [2.24, 2.45) is 5.92 Å². The summed E-state index contributed by atoms with van der Waals surface area (Å²) in [5, 5.41) is 2.89. The minimum atomic E-state index is -3.62. The highest BCUT2D eigenvalue weighted by atomic mass is 32.2. The highest BCUT2D eigenvalue weighted by Gasteiger charge is 2.27. The maximum absolute atomic E-state index is 13.4. The Morgan fingerprint density at radius 3 is 2.37 bits per heavy atom. The molecule has 0 radical (unpaired) electrons. The van der Waals surface area contributed by atoms with Gasteiger partial charge in [0.05, 0.1) is 19.1 Å². The molecule has 2 aromatic carbocycles. The first kappa shape index (κ1) is 29.1. The third-order valence-electron chi connectivity index (χ3n) is 6.16. The van der Waals surface area contributed by atoms with E-state index in [-0.39, 0.29) is 50.5 Å². The van der Waals surface area contributed by atoms with E-state index in [0.717, 1.165) is 11.8 Å². The smallest absolute Gasteiger partial charge is 0.242 e. The molecule has 1 atom stereocenters. The number of ether oxygens (including phenoxy) is 3. The lowest BCUT2D eigenvalue weighted by Gasteiger charge is -2.29.